The molecule has 0 radical (unpaired) electrons. The standard InChI is InChI=1S/C36H22F6/c37-35(38,39)29-13-5-23(6-14-29)1-3-25-9-17-31-27(21-25)11-19-34-32-18-10-26(22-28(32)12-20-33(31)34)4-2-24-7-15-30(16-8-24)36(40,41)42/h1-22H. The average Bonchev–Trinajstić information content (AvgIpc) is 2.98. The quantitative estimate of drug-likeness (QED) is 0.113. The van der Waals surface area contributed by atoms with Crippen LogP contribution >= 0.6 is 0 Å². The Morgan fingerprint density at radius 2 is 0.643 bits per heavy atom. The van der Waals surface area contributed by atoms with Gasteiger partial charge in [-0.25, -0.2) is 0 Å². The van der Waals surface area contributed by atoms with Crippen molar-refractivity contribution in [2.75, 3.05) is 0 Å². The Labute approximate surface area is 237 Å². The third-order valence-electron chi connectivity index (χ3n) is 7.29. The lowest BCUT2D eigenvalue weighted by atomic mass is 9.95. The molecule has 6 rings (SSSR count). The summed E-state index contributed by atoms with van der Waals surface area (Å²) in [7, 11) is 0. The van der Waals surface area contributed by atoms with Crippen molar-refractivity contribution in [3.63, 3.8) is 0 Å². The zero-order chi connectivity index (χ0) is 29.5. The lowest BCUT2D eigenvalue weighted by Crippen LogP contribution is -2.03. The van der Waals surface area contributed by atoms with Gasteiger partial charge in [-0.3, -0.25) is 0 Å². The van der Waals surface area contributed by atoms with E-state index in [1.807, 2.05) is 24.3 Å². The van der Waals surface area contributed by atoms with Gasteiger partial charge in [0.1, 0.15) is 0 Å². The molecule has 0 unspecified atom stereocenters. The van der Waals surface area contributed by atoms with Crippen molar-refractivity contribution in [3.8, 4) is 0 Å². The first kappa shape index (κ1) is 27.3. The van der Waals surface area contributed by atoms with Crippen LogP contribution in [0.4, 0.5) is 26.3 Å². The Bertz CT molecular complexity index is 1830. The molecule has 0 saturated heterocycles. The van der Waals surface area contributed by atoms with E-state index >= 15 is 0 Å². The van der Waals surface area contributed by atoms with Gasteiger partial charge in [-0.1, -0.05) is 97.1 Å². The summed E-state index contributed by atoms with van der Waals surface area (Å²) in [6.45, 7) is 0. The van der Waals surface area contributed by atoms with Crippen molar-refractivity contribution < 1.29 is 26.3 Å². The van der Waals surface area contributed by atoms with Crippen molar-refractivity contribution in [2.45, 2.75) is 12.4 Å². The highest BCUT2D eigenvalue weighted by Crippen LogP contribution is 2.34. The van der Waals surface area contributed by atoms with Gasteiger partial charge in [-0.2, -0.15) is 26.3 Å². The first-order chi connectivity index (χ1) is 20.0. The minimum atomic E-state index is -4.35. The molecule has 0 heterocycles. The van der Waals surface area contributed by atoms with Gasteiger partial charge in [0, 0.05) is 0 Å². The van der Waals surface area contributed by atoms with Gasteiger partial charge >= 0.3 is 12.4 Å². The number of rotatable bonds is 4. The van der Waals surface area contributed by atoms with E-state index in [-0.39, 0.29) is 0 Å². The second-order valence-electron chi connectivity index (χ2n) is 10.1. The van der Waals surface area contributed by atoms with Crippen LogP contribution in [0, 0.1) is 0 Å². The van der Waals surface area contributed by atoms with Gasteiger partial charge in [-0.05, 0) is 91.0 Å². The minimum absolute atomic E-state index is 0.671. The van der Waals surface area contributed by atoms with Gasteiger partial charge in [0.25, 0.3) is 0 Å². The Balaban J connectivity index is 1.25. The maximum atomic E-state index is 12.8. The molecule has 42 heavy (non-hydrogen) atoms. The normalized spacial score (nSPS) is 12.8. The summed E-state index contributed by atoms with van der Waals surface area (Å²) in [4.78, 5) is 0. The second-order valence-corrected chi connectivity index (χ2v) is 10.1. The van der Waals surface area contributed by atoms with E-state index in [1.165, 1.54) is 24.3 Å². The number of fused-ring (bicyclic) bond motifs is 5. The third kappa shape index (κ3) is 5.66. The number of benzene rings is 6. The monoisotopic (exact) mass is 568 g/mol. The Morgan fingerprint density at radius 3 is 1.00 bits per heavy atom. The molecule has 0 bridgehead atoms. The van der Waals surface area contributed by atoms with Crippen LogP contribution in [0.5, 0.6) is 0 Å². The van der Waals surface area contributed by atoms with Crippen molar-refractivity contribution in [3.05, 3.63) is 143 Å². The molecule has 0 aromatic heterocycles. The van der Waals surface area contributed by atoms with Crippen LogP contribution in [-0.2, 0) is 12.4 Å². The highest BCUT2D eigenvalue weighted by molar-refractivity contribution is 6.17. The van der Waals surface area contributed by atoms with Gasteiger partial charge < -0.3 is 0 Å². The highest BCUT2D eigenvalue weighted by atomic mass is 19.4. The summed E-state index contributed by atoms with van der Waals surface area (Å²) in [5.41, 5.74) is 1.90. The van der Waals surface area contributed by atoms with Crippen LogP contribution in [0.2, 0.25) is 0 Å². The summed E-state index contributed by atoms with van der Waals surface area (Å²) in [6.07, 6.45) is -1.36. The predicted octanol–water partition coefficient (Wildman–Crippen LogP) is 11.5. The molecule has 0 saturated carbocycles. The van der Waals surface area contributed by atoms with Crippen molar-refractivity contribution in [2.24, 2.45) is 0 Å². The average molecular weight is 569 g/mol. The van der Waals surface area contributed by atoms with Crippen LogP contribution in [0.15, 0.2) is 109 Å². The topological polar surface area (TPSA) is 0 Å². The molecule has 0 nitrogen and oxygen atoms in total. The zero-order valence-electron chi connectivity index (χ0n) is 22.0. The van der Waals surface area contributed by atoms with E-state index in [0.717, 1.165) is 67.7 Å². The smallest absolute Gasteiger partial charge is 0.166 e. The fourth-order valence-corrected chi connectivity index (χ4v) is 5.08. The van der Waals surface area contributed by atoms with Gasteiger partial charge in [-0.15, -0.1) is 0 Å². The molecule has 6 aromatic rings. The molecule has 0 aliphatic carbocycles. The number of hydrogen-bond donors (Lipinski definition) is 0. The SMILES string of the molecule is FC(F)(F)c1ccc(C=Cc2ccc3c(ccc4c5ccc(C=Cc6ccc(C(F)(F)F)cc6)cc5ccc34)c2)cc1. The Morgan fingerprint density at radius 1 is 0.333 bits per heavy atom. The summed E-state index contributed by atoms with van der Waals surface area (Å²) < 4.78 is 76.9. The largest absolute Gasteiger partial charge is 0.416 e. The zero-order valence-corrected chi connectivity index (χ0v) is 22.0. The van der Waals surface area contributed by atoms with E-state index in [4.69, 9.17) is 0 Å². The van der Waals surface area contributed by atoms with Crippen LogP contribution in [-0.4, -0.2) is 0 Å². The molecule has 6 aromatic carbocycles. The van der Waals surface area contributed by atoms with E-state index in [0.29, 0.717) is 11.1 Å². The maximum absolute atomic E-state index is 12.8. The van der Waals surface area contributed by atoms with Gasteiger partial charge in [0.2, 0.25) is 0 Å². The minimum Gasteiger partial charge on any atom is -0.166 e. The molecule has 6 heteroatoms. The van der Waals surface area contributed by atoms with E-state index in [9.17, 15) is 26.3 Å². The molecular formula is C36H22F6. The molecule has 0 amide bonds. The Hall–Kier alpha value is -4.84. The van der Waals surface area contributed by atoms with Crippen LogP contribution in [0.25, 0.3) is 56.6 Å². The summed E-state index contributed by atoms with van der Waals surface area (Å²) in [5.74, 6) is 0. The molecular weight excluding hydrogens is 546 g/mol. The molecule has 0 fully saturated rings. The molecule has 208 valence electrons. The van der Waals surface area contributed by atoms with E-state index in [1.54, 1.807) is 12.2 Å². The summed E-state index contributed by atoms with van der Waals surface area (Å²) in [5, 5.41) is 6.48. The summed E-state index contributed by atoms with van der Waals surface area (Å²) in [6, 6.07) is 30.6. The lowest BCUT2D eigenvalue weighted by molar-refractivity contribution is -0.138. The lowest BCUT2D eigenvalue weighted by Gasteiger charge is -2.09. The van der Waals surface area contributed by atoms with E-state index in [2.05, 4.69) is 48.5 Å². The molecule has 0 N–H and O–H groups in total. The van der Waals surface area contributed by atoms with Crippen molar-refractivity contribution in [1.29, 1.82) is 0 Å². The van der Waals surface area contributed by atoms with Gasteiger partial charge in [0.05, 0.1) is 11.1 Å². The van der Waals surface area contributed by atoms with Crippen molar-refractivity contribution >= 4 is 56.6 Å². The number of halogens is 6. The van der Waals surface area contributed by atoms with Gasteiger partial charge in [0.15, 0.2) is 0 Å². The number of hydrogen-bond acceptors (Lipinski definition) is 0. The molecule has 0 atom stereocenters. The number of alkyl halides is 6. The Kier molecular flexibility index (Phi) is 6.85. The maximum Gasteiger partial charge on any atom is 0.416 e. The fraction of sp³-hybridized carbons (Fsp3) is 0.0556. The fourth-order valence-electron chi connectivity index (χ4n) is 5.08. The second kappa shape index (κ2) is 10.5. The first-order valence-corrected chi connectivity index (χ1v) is 13.1. The highest BCUT2D eigenvalue weighted by Gasteiger charge is 2.30. The third-order valence-corrected chi connectivity index (χ3v) is 7.29. The summed E-state index contributed by atoms with van der Waals surface area (Å²) >= 11 is 0. The van der Waals surface area contributed by atoms with Crippen LogP contribution in [0.1, 0.15) is 33.4 Å². The van der Waals surface area contributed by atoms with Crippen LogP contribution < -0.4 is 0 Å². The molecule has 0 aliphatic heterocycles. The first-order valence-electron chi connectivity index (χ1n) is 13.1. The van der Waals surface area contributed by atoms with Crippen LogP contribution in [0.3, 0.4) is 0 Å². The molecule has 0 aliphatic rings. The predicted molar refractivity (Wildman–Crippen MR) is 160 cm³/mol. The van der Waals surface area contributed by atoms with Crippen molar-refractivity contribution in [1.82, 2.24) is 0 Å². The van der Waals surface area contributed by atoms with E-state index < -0.39 is 23.5 Å². The molecule has 0 spiro atoms.